The zero-order valence-corrected chi connectivity index (χ0v) is 46.4. The third-order valence-corrected chi connectivity index (χ3v) is 16.5. The number of fused-ring (bicyclic) bond motifs is 2. The van der Waals surface area contributed by atoms with Crippen LogP contribution in [0.15, 0.2) is 207 Å². The minimum atomic E-state index is 0.514. The van der Waals surface area contributed by atoms with Crippen molar-refractivity contribution in [2.45, 2.75) is 58.7 Å². The molecule has 0 aliphatic heterocycles. The fourth-order valence-corrected chi connectivity index (χ4v) is 12.6. The molecule has 4 nitrogen and oxygen atoms in total. The molecule has 10 aromatic rings. The van der Waals surface area contributed by atoms with Crippen LogP contribution in [-0.4, -0.2) is 13.2 Å². The Morgan fingerprint density at radius 3 is 1.27 bits per heavy atom. The number of hydrogen-bond donors (Lipinski definition) is 0. The first-order chi connectivity index (χ1) is 39.0. The van der Waals surface area contributed by atoms with Crippen LogP contribution in [0.25, 0.3) is 43.5 Å². The lowest BCUT2D eigenvalue weighted by Crippen LogP contribution is -2.09. The van der Waals surface area contributed by atoms with E-state index in [1.807, 2.05) is 34.8 Å². The lowest BCUT2D eigenvalue weighted by molar-refractivity contribution is 0.107. The first-order valence-corrected chi connectivity index (χ1v) is 28.7. The van der Waals surface area contributed by atoms with Gasteiger partial charge in [-0.1, -0.05) is 178 Å². The predicted molar refractivity (Wildman–Crippen MR) is 339 cm³/mol. The van der Waals surface area contributed by atoms with Crippen molar-refractivity contribution in [3.05, 3.63) is 252 Å². The van der Waals surface area contributed by atoms with Crippen molar-refractivity contribution >= 4 is 89.1 Å². The van der Waals surface area contributed by atoms with Gasteiger partial charge in [0, 0.05) is 63.1 Å². The molecule has 0 aliphatic carbocycles. The van der Waals surface area contributed by atoms with Crippen LogP contribution < -0.4 is 9.80 Å². The summed E-state index contributed by atoms with van der Waals surface area (Å²) < 4.78 is 12.3. The van der Waals surface area contributed by atoms with Crippen molar-refractivity contribution in [3.63, 3.8) is 0 Å². The molecule has 0 saturated carbocycles. The van der Waals surface area contributed by atoms with Gasteiger partial charge in [0.05, 0.1) is 23.0 Å². The van der Waals surface area contributed by atoms with Gasteiger partial charge < -0.3 is 19.3 Å². The van der Waals surface area contributed by atoms with Gasteiger partial charge in [-0.05, 0) is 155 Å². The minimum Gasteiger partial charge on any atom is -0.381 e. The molecule has 0 fully saturated rings. The Morgan fingerprint density at radius 1 is 0.443 bits per heavy atom. The Kier molecular flexibility index (Phi) is 18.1. The van der Waals surface area contributed by atoms with Gasteiger partial charge in [0.1, 0.15) is 10.0 Å². The van der Waals surface area contributed by atoms with Crippen molar-refractivity contribution in [1.29, 1.82) is 0 Å². The Bertz CT molecular complexity index is 3840. The molecule has 0 radical (unpaired) electrons. The highest BCUT2D eigenvalue weighted by Crippen LogP contribution is 2.55. The molecule has 2 heterocycles. The van der Waals surface area contributed by atoms with Crippen LogP contribution in [0.5, 0.6) is 0 Å². The third-order valence-electron chi connectivity index (χ3n) is 13.9. The second-order valence-electron chi connectivity index (χ2n) is 19.4. The largest absolute Gasteiger partial charge is 0.381 e. The molecule has 8 aromatic carbocycles. The number of aryl methyl sites for hydroxylation is 3. The highest BCUT2D eigenvalue weighted by atomic mass is 32.1. The smallest absolute Gasteiger partial charge is 0.109 e. The second kappa shape index (κ2) is 26.6. The van der Waals surface area contributed by atoms with Crippen molar-refractivity contribution in [3.8, 4) is 45.8 Å². The summed E-state index contributed by atoms with van der Waals surface area (Å²) in [6.45, 7) is 12.5. The average Bonchev–Trinajstić information content (AvgIpc) is 4.07. The van der Waals surface area contributed by atoms with E-state index in [4.69, 9.17) is 15.9 Å². The summed E-state index contributed by atoms with van der Waals surface area (Å²) >= 11 is 3.69. The molecule has 0 spiro atoms. The van der Waals surface area contributed by atoms with E-state index < -0.39 is 0 Å². The van der Waals surface area contributed by atoms with Gasteiger partial charge in [-0.2, -0.15) is 0 Å². The molecular weight excluding hydrogens is 1000 g/mol. The zero-order chi connectivity index (χ0) is 54.2. The Hall–Kier alpha value is -8.64. The molecule has 0 atom stereocenters. The summed E-state index contributed by atoms with van der Waals surface area (Å²) in [6, 6.07) is 70.1. The topological polar surface area (TPSA) is 24.9 Å². The highest BCUT2D eigenvalue weighted by Gasteiger charge is 2.26. The molecule has 6 heteroatoms. The molecule has 10 rings (SSSR count). The first kappa shape index (κ1) is 53.7. The summed E-state index contributed by atoms with van der Waals surface area (Å²) in [6.07, 6.45) is 15.1. The van der Waals surface area contributed by atoms with Crippen LogP contribution in [0, 0.1) is 36.0 Å². The Morgan fingerprint density at radius 2 is 0.835 bits per heavy atom. The molecule has 388 valence electrons. The fraction of sp³-hybridized carbons (Fsp3) is 0.151. The highest BCUT2D eigenvalue weighted by molar-refractivity contribution is 7.28. The van der Waals surface area contributed by atoms with Crippen LogP contribution in [0.4, 0.5) is 32.8 Å². The maximum absolute atomic E-state index is 6.22. The Balaban J connectivity index is 0.969. The van der Waals surface area contributed by atoms with Crippen LogP contribution in [-0.2, 0) is 41.9 Å². The molecule has 0 bridgehead atoms. The van der Waals surface area contributed by atoms with Gasteiger partial charge in [0.25, 0.3) is 0 Å². The van der Waals surface area contributed by atoms with Gasteiger partial charge in [0.2, 0.25) is 0 Å². The van der Waals surface area contributed by atoms with Crippen LogP contribution in [0.1, 0.15) is 70.7 Å². The maximum atomic E-state index is 6.22. The SMILES string of the molecule is C#CC#CC#Cc1ccc(N(c2ccc(CCCOCCCc3ccc(C=C)cc3)cc2)c2sc(-c3sc(N(c4ccc(CCC)cc4)c4ccc(COCc5ccc(C=C)cc5)cc4)c4ccccc34)c3ccccc23)cc1. The minimum absolute atomic E-state index is 0.514. The molecule has 79 heavy (non-hydrogen) atoms. The zero-order valence-electron chi connectivity index (χ0n) is 44.7. The number of hydrogen-bond acceptors (Lipinski definition) is 6. The van der Waals surface area contributed by atoms with E-state index in [9.17, 15) is 0 Å². The monoisotopic (exact) mass is 1060 g/mol. The standard InChI is InChI=1S/C73H62N2O2S2/c1-5-9-10-11-19-57-36-44-63(45-37-57)74(64-46-38-59(39-47-64)21-17-51-76-50-16-20-58-30-26-54(7-3)27-31-58)72-68-24-14-12-22-66(68)70(78-72)71-67-23-13-15-25-69(67)73(79-71)75(62-42-34-56(18-6-2)35-43-62)65-48-40-61(41-49-65)53-77-52-60-32-28-55(8-4)29-33-60/h1,7-8,12-15,22-49H,3-4,6,16-18,20-21,50-53H2,2H3. The molecule has 0 saturated heterocycles. The van der Waals surface area contributed by atoms with Gasteiger partial charge in [0.15, 0.2) is 0 Å². The lowest BCUT2D eigenvalue weighted by atomic mass is 10.1. The van der Waals surface area contributed by atoms with E-state index in [0.717, 1.165) is 112 Å². The van der Waals surface area contributed by atoms with Crippen LogP contribution >= 0.6 is 22.7 Å². The van der Waals surface area contributed by atoms with E-state index in [0.29, 0.717) is 13.2 Å². The molecule has 0 aliphatic rings. The fourth-order valence-electron chi connectivity index (χ4n) is 9.82. The Labute approximate surface area is 475 Å². The van der Waals surface area contributed by atoms with Crippen LogP contribution in [0.3, 0.4) is 0 Å². The van der Waals surface area contributed by atoms with E-state index >= 15 is 0 Å². The van der Waals surface area contributed by atoms with Crippen LogP contribution in [0.2, 0.25) is 0 Å². The van der Waals surface area contributed by atoms with E-state index in [1.165, 1.54) is 48.0 Å². The third kappa shape index (κ3) is 13.2. The molecule has 0 N–H and O–H groups in total. The second-order valence-corrected chi connectivity index (χ2v) is 21.4. The number of ether oxygens (including phenoxy) is 2. The van der Waals surface area contributed by atoms with Gasteiger partial charge in [-0.15, -0.1) is 29.1 Å². The van der Waals surface area contributed by atoms with Crippen molar-refractivity contribution in [2.24, 2.45) is 0 Å². The van der Waals surface area contributed by atoms with Gasteiger partial charge >= 0.3 is 0 Å². The molecular formula is C73H62N2O2S2. The summed E-state index contributed by atoms with van der Waals surface area (Å²) in [4.78, 5) is 7.29. The average molecular weight is 1060 g/mol. The molecule has 0 amide bonds. The number of terminal acetylenes is 1. The van der Waals surface area contributed by atoms with Gasteiger partial charge in [-0.3, -0.25) is 0 Å². The number of nitrogens with zero attached hydrogens (tertiary/aromatic N) is 2. The van der Waals surface area contributed by atoms with Crippen molar-refractivity contribution in [1.82, 2.24) is 0 Å². The predicted octanol–water partition coefficient (Wildman–Crippen LogP) is 19.2. The number of anilines is 6. The van der Waals surface area contributed by atoms with E-state index in [1.54, 1.807) is 0 Å². The lowest BCUT2D eigenvalue weighted by Gasteiger charge is -2.25. The molecule has 2 aromatic heterocycles. The molecule has 0 unspecified atom stereocenters. The van der Waals surface area contributed by atoms with Crippen molar-refractivity contribution < 1.29 is 9.47 Å². The van der Waals surface area contributed by atoms with E-state index in [-0.39, 0.29) is 0 Å². The normalized spacial score (nSPS) is 10.8. The summed E-state index contributed by atoms with van der Waals surface area (Å²) in [5, 5.41) is 7.10. The summed E-state index contributed by atoms with van der Waals surface area (Å²) in [5.41, 5.74) is 13.6. The maximum Gasteiger partial charge on any atom is 0.109 e. The summed E-state index contributed by atoms with van der Waals surface area (Å²) in [7, 11) is 0. The van der Waals surface area contributed by atoms with E-state index in [2.05, 4.69) is 254 Å². The number of rotatable bonds is 23. The van der Waals surface area contributed by atoms with Crippen molar-refractivity contribution in [2.75, 3.05) is 23.0 Å². The quantitative estimate of drug-likeness (QED) is 0.0471. The summed E-state index contributed by atoms with van der Waals surface area (Å²) in [5.74, 6) is 13.7. The first-order valence-electron chi connectivity index (χ1n) is 27.1. The number of benzene rings is 8. The number of thiophene rings is 2. The van der Waals surface area contributed by atoms with Gasteiger partial charge in [-0.25, -0.2) is 0 Å².